The summed E-state index contributed by atoms with van der Waals surface area (Å²) >= 11 is 0. The summed E-state index contributed by atoms with van der Waals surface area (Å²) < 4.78 is 5.58. The van der Waals surface area contributed by atoms with E-state index in [2.05, 4.69) is 43.3 Å². The van der Waals surface area contributed by atoms with E-state index in [1.807, 2.05) is 0 Å². The molecule has 1 heterocycles. The van der Waals surface area contributed by atoms with Gasteiger partial charge in [0.15, 0.2) is 0 Å². The first kappa shape index (κ1) is 12.6. The van der Waals surface area contributed by atoms with E-state index in [9.17, 15) is 0 Å². The summed E-state index contributed by atoms with van der Waals surface area (Å²) in [6, 6.07) is 13.0. The number of fused-ring (bicyclic) bond motifs is 1. The first-order valence-electron chi connectivity index (χ1n) is 7.09. The number of benzene rings is 2. The maximum Gasteiger partial charge on any atom is 0.0512 e. The molecule has 1 fully saturated rings. The van der Waals surface area contributed by atoms with E-state index < -0.39 is 0 Å². The second-order valence-electron chi connectivity index (χ2n) is 5.52. The maximum absolute atomic E-state index is 6.51. The lowest BCUT2D eigenvalue weighted by molar-refractivity contribution is 0.0449. The first-order chi connectivity index (χ1) is 9.27. The van der Waals surface area contributed by atoms with Crippen LogP contribution in [0.4, 0.5) is 0 Å². The van der Waals surface area contributed by atoms with Crippen LogP contribution in [-0.2, 0) is 4.74 Å². The second-order valence-corrected chi connectivity index (χ2v) is 5.52. The fourth-order valence-corrected chi connectivity index (χ4v) is 3.07. The van der Waals surface area contributed by atoms with Crippen molar-refractivity contribution in [2.75, 3.05) is 13.2 Å². The van der Waals surface area contributed by atoms with Crippen LogP contribution in [0.3, 0.4) is 0 Å². The van der Waals surface area contributed by atoms with Gasteiger partial charge in [0, 0.05) is 18.6 Å². The molecule has 100 valence electrons. The Morgan fingerprint density at radius 2 is 1.95 bits per heavy atom. The Morgan fingerprint density at radius 3 is 2.68 bits per heavy atom. The Labute approximate surface area is 114 Å². The number of hydrogen-bond donors (Lipinski definition) is 1. The zero-order valence-electron chi connectivity index (χ0n) is 11.4. The van der Waals surface area contributed by atoms with Gasteiger partial charge in [-0.25, -0.2) is 0 Å². The van der Waals surface area contributed by atoms with Gasteiger partial charge in [0.05, 0.1) is 6.61 Å². The molecule has 0 radical (unpaired) electrons. The molecule has 2 N–H and O–H groups in total. The zero-order valence-corrected chi connectivity index (χ0v) is 11.4. The van der Waals surface area contributed by atoms with Crippen LogP contribution in [0.1, 0.15) is 30.0 Å². The van der Waals surface area contributed by atoms with Crippen LogP contribution in [0, 0.1) is 12.8 Å². The SMILES string of the molecule is Cc1ccc(C(N)C2CCCOC2)c2ccccc12. The fourth-order valence-electron chi connectivity index (χ4n) is 3.07. The quantitative estimate of drug-likeness (QED) is 0.890. The predicted octanol–water partition coefficient (Wildman–Crippen LogP) is 3.57. The van der Waals surface area contributed by atoms with Gasteiger partial charge in [-0.3, -0.25) is 0 Å². The molecule has 2 heteroatoms. The molecule has 0 saturated carbocycles. The van der Waals surface area contributed by atoms with Crippen molar-refractivity contribution in [2.45, 2.75) is 25.8 Å². The van der Waals surface area contributed by atoms with Gasteiger partial charge in [-0.1, -0.05) is 36.4 Å². The number of aryl methyl sites for hydroxylation is 1. The van der Waals surface area contributed by atoms with E-state index in [0.29, 0.717) is 5.92 Å². The highest BCUT2D eigenvalue weighted by Gasteiger charge is 2.23. The second kappa shape index (κ2) is 5.32. The van der Waals surface area contributed by atoms with Crippen molar-refractivity contribution < 1.29 is 4.74 Å². The Morgan fingerprint density at radius 1 is 1.16 bits per heavy atom. The summed E-state index contributed by atoms with van der Waals surface area (Å²) in [6.07, 6.45) is 2.30. The van der Waals surface area contributed by atoms with Crippen LogP contribution >= 0.6 is 0 Å². The van der Waals surface area contributed by atoms with E-state index in [4.69, 9.17) is 10.5 Å². The molecular weight excluding hydrogens is 234 g/mol. The third-order valence-corrected chi connectivity index (χ3v) is 4.24. The minimum atomic E-state index is 0.0748. The van der Waals surface area contributed by atoms with Gasteiger partial charge in [0.2, 0.25) is 0 Å². The lowest BCUT2D eigenvalue weighted by Crippen LogP contribution is -2.29. The van der Waals surface area contributed by atoms with Gasteiger partial charge in [-0.2, -0.15) is 0 Å². The van der Waals surface area contributed by atoms with Crippen molar-refractivity contribution in [1.82, 2.24) is 0 Å². The molecule has 3 rings (SSSR count). The molecule has 0 amide bonds. The summed E-state index contributed by atoms with van der Waals surface area (Å²) in [5.74, 6) is 0.444. The van der Waals surface area contributed by atoms with E-state index in [0.717, 1.165) is 19.6 Å². The first-order valence-corrected chi connectivity index (χ1v) is 7.09. The van der Waals surface area contributed by atoms with Crippen LogP contribution in [0.5, 0.6) is 0 Å². The standard InChI is InChI=1S/C17H21NO/c1-12-8-9-16(15-7-3-2-6-14(12)15)17(18)13-5-4-10-19-11-13/h2-3,6-9,13,17H,4-5,10-11,18H2,1H3. The lowest BCUT2D eigenvalue weighted by Gasteiger charge is -2.28. The number of hydrogen-bond acceptors (Lipinski definition) is 2. The Balaban J connectivity index is 2.02. The van der Waals surface area contributed by atoms with Crippen LogP contribution < -0.4 is 5.73 Å². The molecule has 2 atom stereocenters. The fraction of sp³-hybridized carbons (Fsp3) is 0.412. The summed E-state index contributed by atoms with van der Waals surface area (Å²) in [5.41, 5.74) is 9.08. The molecule has 2 aromatic rings. The summed E-state index contributed by atoms with van der Waals surface area (Å²) in [7, 11) is 0. The van der Waals surface area contributed by atoms with Crippen molar-refractivity contribution in [2.24, 2.45) is 11.7 Å². The Bertz CT molecular complexity index is 572. The smallest absolute Gasteiger partial charge is 0.0512 e. The highest BCUT2D eigenvalue weighted by Crippen LogP contribution is 2.32. The molecule has 1 aliphatic rings. The van der Waals surface area contributed by atoms with Crippen molar-refractivity contribution >= 4 is 10.8 Å². The van der Waals surface area contributed by atoms with Crippen LogP contribution in [0.2, 0.25) is 0 Å². The monoisotopic (exact) mass is 255 g/mol. The molecule has 0 spiro atoms. The number of rotatable bonds is 2. The predicted molar refractivity (Wildman–Crippen MR) is 79.2 cm³/mol. The zero-order chi connectivity index (χ0) is 13.2. The highest BCUT2D eigenvalue weighted by molar-refractivity contribution is 5.88. The van der Waals surface area contributed by atoms with Crippen molar-refractivity contribution in [3.8, 4) is 0 Å². The van der Waals surface area contributed by atoms with Crippen LogP contribution in [-0.4, -0.2) is 13.2 Å². The molecule has 1 saturated heterocycles. The van der Waals surface area contributed by atoms with Gasteiger partial charge in [-0.15, -0.1) is 0 Å². The maximum atomic E-state index is 6.51. The van der Waals surface area contributed by atoms with Crippen molar-refractivity contribution in [3.05, 3.63) is 47.5 Å². The highest BCUT2D eigenvalue weighted by atomic mass is 16.5. The Kier molecular flexibility index (Phi) is 3.54. The minimum Gasteiger partial charge on any atom is -0.381 e. The molecule has 1 aliphatic heterocycles. The van der Waals surface area contributed by atoms with E-state index in [1.165, 1.54) is 28.3 Å². The molecular formula is C17H21NO. The van der Waals surface area contributed by atoms with E-state index in [1.54, 1.807) is 0 Å². The van der Waals surface area contributed by atoms with Crippen molar-refractivity contribution in [1.29, 1.82) is 0 Å². The third kappa shape index (κ3) is 2.38. The summed E-state index contributed by atoms with van der Waals surface area (Å²) in [5, 5.41) is 2.60. The normalized spacial score (nSPS) is 21.5. The molecule has 0 aromatic heterocycles. The van der Waals surface area contributed by atoms with Gasteiger partial charge < -0.3 is 10.5 Å². The molecule has 0 aliphatic carbocycles. The van der Waals surface area contributed by atoms with Gasteiger partial charge in [-0.05, 0) is 41.7 Å². The molecule has 2 nitrogen and oxygen atoms in total. The largest absolute Gasteiger partial charge is 0.381 e. The van der Waals surface area contributed by atoms with Crippen LogP contribution in [0.25, 0.3) is 10.8 Å². The number of ether oxygens (including phenoxy) is 1. The topological polar surface area (TPSA) is 35.2 Å². The van der Waals surface area contributed by atoms with E-state index in [-0.39, 0.29) is 6.04 Å². The third-order valence-electron chi connectivity index (χ3n) is 4.24. The van der Waals surface area contributed by atoms with Gasteiger partial charge in [0.1, 0.15) is 0 Å². The summed E-state index contributed by atoms with van der Waals surface area (Å²) in [6.45, 7) is 3.84. The van der Waals surface area contributed by atoms with Crippen LogP contribution in [0.15, 0.2) is 36.4 Å². The van der Waals surface area contributed by atoms with Gasteiger partial charge in [0.25, 0.3) is 0 Å². The average Bonchev–Trinajstić information content (AvgIpc) is 2.48. The lowest BCUT2D eigenvalue weighted by atomic mass is 9.86. The van der Waals surface area contributed by atoms with Gasteiger partial charge >= 0.3 is 0 Å². The summed E-state index contributed by atoms with van der Waals surface area (Å²) in [4.78, 5) is 0. The Hall–Kier alpha value is -1.38. The molecule has 0 bridgehead atoms. The minimum absolute atomic E-state index is 0.0748. The molecule has 2 aromatic carbocycles. The van der Waals surface area contributed by atoms with Crippen molar-refractivity contribution in [3.63, 3.8) is 0 Å². The number of nitrogens with two attached hydrogens (primary N) is 1. The average molecular weight is 255 g/mol. The molecule has 19 heavy (non-hydrogen) atoms. The van der Waals surface area contributed by atoms with E-state index >= 15 is 0 Å². The molecule has 2 unspecified atom stereocenters.